The van der Waals surface area contributed by atoms with E-state index < -0.39 is 0 Å². The molecule has 0 radical (unpaired) electrons. The van der Waals surface area contributed by atoms with Gasteiger partial charge in [0.2, 0.25) is 0 Å². The molecule has 1 aliphatic rings. The molecule has 2 atom stereocenters. The van der Waals surface area contributed by atoms with Crippen LogP contribution in [0.15, 0.2) is 10.6 Å². The monoisotopic (exact) mass is 238 g/mol. The lowest BCUT2D eigenvalue weighted by Gasteiger charge is -2.17. The number of carbonyl (C=O) groups is 1. The first-order valence-electron chi connectivity index (χ1n) is 6.03. The number of rotatable bonds is 4. The third-order valence-electron chi connectivity index (χ3n) is 3.44. The topological polar surface area (TPSA) is 75.4 Å². The van der Waals surface area contributed by atoms with Crippen LogP contribution in [0.2, 0.25) is 0 Å². The van der Waals surface area contributed by atoms with Gasteiger partial charge in [-0.2, -0.15) is 0 Å². The summed E-state index contributed by atoms with van der Waals surface area (Å²) in [5, 5.41) is 15.7. The number of nitrogens with zero attached hydrogens (tertiary/aromatic N) is 1. The quantitative estimate of drug-likeness (QED) is 0.824. The molecule has 1 aromatic rings. The van der Waals surface area contributed by atoms with Crippen LogP contribution in [0.25, 0.3) is 0 Å². The van der Waals surface area contributed by atoms with E-state index in [-0.39, 0.29) is 12.5 Å². The van der Waals surface area contributed by atoms with E-state index >= 15 is 0 Å². The van der Waals surface area contributed by atoms with Gasteiger partial charge in [0, 0.05) is 19.2 Å². The van der Waals surface area contributed by atoms with Crippen molar-refractivity contribution in [3.05, 3.63) is 17.5 Å². The van der Waals surface area contributed by atoms with E-state index in [1.807, 2.05) is 0 Å². The molecule has 1 aromatic heterocycles. The number of nitrogens with one attached hydrogen (secondary N) is 1. The summed E-state index contributed by atoms with van der Waals surface area (Å²) in [5.41, 5.74) is 0.320. The molecule has 0 spiro atoms. The molecule has 1 fully saturated rings. The van der Waals surface area contributed by atoms with Gasteiger partial charge >= 0.3 is 0 Å². The summed E-state index contributed by atoms with van der Waals surface area (Å²) in [5.74, 6) is 1.14. The molecule has 2 rings (SSSR count). The highest BCUT2D eigenvalue weighted by molar-refractivity contribution is 5.92. The highest BCUT2D eigenvalue weighted by Crippen LogP contribution is 2.30. The lowest BCUT2D eigenvalue weighted by atomic mass is 9.97. The Bertz CT molecular complexity index is 389. The molecule has 0 aliphatic heterocycles. The van der Waals surface area contributed by atoms with Gasteiger partial charge in [0.05, 0.1) is 0 Å². The molecule has 1 heterocycles. The number of aliphatic hydroxyl groups excluding tert-OH is 1. The smallest absolute Gasteiger partial charge is 0.273 e. The average Bonchev–Trinajstić information content (AvgIpc) is 2.94. The third-order valence-corrected chi connectivity index (χ3v) is 3.44. The molecule has 5 heteroatoms. The fourth-order valence-electron chi connectivity index (χ4n) is 2.41. The Labute approximate surface area is 100 Å². The number of amides is 1. The summed E-state index contributed by atoms with van der Waals surface area (Å²) < 4.78 is 4.85. The van der Waals surface area contributed by atoms with Gasteiger partial charge in [0.1, 0.15) is 5.76 Å². The second-order valence-corrected chi connectivity index (χ2v) is 4.67. The van der Waals surface area contributed by atoms with Crippen LogP contribution in [0.3, 0.4) is 0 Å². The highest BCUT2D eigenvalue weighted by atomic mass is 16.5. The van der Waals surface area contributed by atoms with Crippen LogP contribution in [0.5, 0.6) is 0 Å². The second kappa shape index (κ2) is 5.31. The normalized spacial score (nSPS) is 23.9. The first-order valence-corrected chi connectivity index (χ1v) is 6.03. The van der Waals surface area contributed by atoms with Gasteiger partial charge in [-0.05, 0) is 31.6 Å². The van der Waals surface area contributed by atoms with Crippen molar-refractivity contribution in [3.8, 4) is 0 Å². The average molecular weight is 238 g/mol. The third kappa shape index (κ3) is 2.85. The zero-order valence-electron chi connectivity index (χ0n) is 9.98. The van der Waals surface area contributed by atoms with Crippen molar-refractivity contribution in [2.75, 3.05) is 13.2 Å². The van der Waals surface area contributed by atoms with E-state index in [0.717, 1.165) is 19.3 Å². The standard InChI is InChI=1S/C12H18N2O3/c1-8-5-11(14-17-8)12(16)13-6-9-3-2-4-10(9)7-15/h5,9-10,15H,2-4,6-7H2,1H3,(H,13,16). The van der Waals surface area contributed by atoms with E-state index in [9.17, 15) is 9.90 Å². The van der Waals surface area contributed by atoms with Gasteiger partial charge in [0.15, 0.2) is 5.69 Å². The van der Waals surface area contributed by atoms with Crippen LogP contribution >= 0.6 is 0 Å². The van der Waals surface area contributed by atoms with Gasteiger partial charge < -0.3 is 14.9 Å². The molecular weight excluding hydrogens is 220 g/mol. The van der Waals surface area contributed by atoms with Gasteiger partial charge in [-0.25, -0.2) is 0 Å². The predicted octanol–water partition coefficient (Wildman–Crippen LogP) is 1.12. The van der Waals surface area contributed by atoms with Gasteiger partial charge in [-0.1, -0.05) is 11.6 Å². The largest absolute Gasteiger partial charge is 0.396 e. The summed E-state index contributed by atoms with van der Waals surface area (Å²) in [6, 6.07) is 1.62. The van der Waals surface area contributed by atoms with Crippen LogP contribution in [-0.2, 0) is 0 Å². The molecule has 2 N–H and O–H groups in total. The number of hydrogen-bond acceptors (Lipinski definition) is 4. The molecule has 2 unspecified atom stereocenters. The van der Waals surface area contributed by atoms with Crippen molar-refractivity contribution in [1.29, 1.82) is 0 Å². The number of aryl methyl sites for hydroxylation is 1. The first-order chi connectivity index (χ1) is 8.20. The fourth-order valence-corrected chi connectivity index (χ4v) is 2.41. The summed E-state index contributed by atoms with van der Waals surface area (Å²) in [7, 11) is 0. The molecule has 1 aliphatic carbocycles. The van der Waals surface area contributed by atoms with E-state index in [0.29, 0.717) is 29.8 Å². The molecule has 17 heavy (non-hydrogen) atoms. The molecule has 0 aromatic carbocycles. The van der Waals surface area contributed by atoms with Crippen molar-refractivity contribution in [3.63, 3.8) is 0 Å². The Kier molecular flexibility index (Phi) is 3.78. The lowest BCUT2D eigenvalue weighted by Crippen LogP contribution is -2.31. The minimum Gasteiger partial charge on any atom is -0.396 e. The maximum absolute atomic E-state index is 11.7. The zero-order chi connectivity index (χ0) is 12.3. The molecule has 0 saturated heterocycles. The van der Waals surface area contributed by atoms with Crippen LogP contribution in [0.4, 0.5) is 0 Å². The molecule has 5 nitrogen and oxygen atoms in total. The summed E-state index contributed by atoms with van der Waals surface area (Å²) in [6.07, 6.45) is 3.26. The zero-order valence-corrected chi connectivity index (χ0v) is 9.98. The van der Waals surface area contributed by atoms with E-state index in [1.165, 1.54) is 0 Å². The van der Waals surface area contributed by atoms with Gasteiger partial charge in [-0.3, -0.25) is 4.79 Å². The Hall–Kier alpha value is -1.36. The van der Waals surface area contributed by atoms with Crippen LogP contribution in [0, 0.1) is 18.8 Å². The SMILES string of the molecule is Cc1cc(C(=O)NCC2CCCC2CO)no1. The summed E-state index contributed by atoms with van der Waals surface area (Å²) >= 11 is 0. The van der Waals surface area contributed by atoms with Crippen molar-refractivity contribution in [1.82, 2.24) is 10.5 Å². The Balaban J connectivity index is 1.84. The van der Waals surface area contributed by atoms with Gasteiger partial charge in [-0.15, -0.1) is 0 Å². The first kappa shape index (κ1) is 12.1. The van der Waals surface area contributed by atoms with Crippen molar-refractivity contribution in [2.24, 2.45) is 11.8 Å². The number of aliphatic hydroxyl groups is 1. The van der Waals surface area contributed by atoms with E-state index in [1.54, 1.807) is 13.0 Å². The highest BCUT2D eigenvalue weighted by Gasteiger charge is 2.27. The predicted molar refractivity (Wildman–Crippen MR) is 61.5 cm³/mol. The Morgan fingerprint density at radius 3 is 3.00 bits per heavy atom. The van der Waals surface area contributed by atoms with Crippen molar-refractivity contribution in [2.45, 2.75) is 26.2 Å². The molecule has 94 valence electrons. The Morgan fingerprint density at radius 1 is 1.59 bits per heavy atom. The summed E-state index contributed by atoms with van der Waals surface area (Å²) in [4.78, 5) is 11.7. The molecular formula is C12H18N2O3. The van der Waals surface area contributed by atoms with Crippen LogP contribution in [0.1, 0.15) is 35.5 Å². The van der Waals surface area contributed by atoms with Crippen LogP contribution < -0.4 is 5.32 Å². The number of aromatic nitrogens is 1. The molecule has 1 amide bonds. The minimum atomic E-state index is -0.203. The summed E-state index contributed by atoms with van der Waals surface area (Å²) in [6.45, 7) is 2.57. The molecule has 1 saturated carbocycles. The maximum Gasteiger partial charge on any atom is 0.273 e. The lowest BCUT2D eigenvalue weighted by molar-refractivity contribution is 0.0928. The minimum absolute atomic E-state index is 0.203. The van der Waals surface area contributed by atoms with E-state index in [4.69, 9.17) is 4.52 Å². The fraction of sp³-hybridized carbons (Fsp3) is 0.667. The maximum atomic E-state index is 11.7. The number of hydrogen-bond donors (Lipinski definition) is 2. The molecule has 0 bridgehead atoms. The number of carbonyl (C=O) groups excluding carboxylic acids is 1. The second-order valence-electron chi connectivity index (χ2n) is 4.67. The van der Waals surface area contributed by atoms with E-state index in [2.05, 4.69) is 10.5 Å². The Morgan fingerprint density at radius 2 is 2.35 bits per heavy atom. The van der Waals surface area contributed by atoms with Gasteiger partial charge in [0.25, 0.3) is 5.91 Å². The van der Waals surface area contributed by atoms with Crippen molar-refractivity contribution < 1.29 is 14.4 Å². The van der Waals surface area contributed by atoms with Crippen molar-refractivity contribution >= 4 is 5.91 Å². The van der Waals surface area contributed by atoms with Crippen LogP contribution in [-0.4, -0.2) is 29.3 Å².